The predicted octanol–water partition coefficient (Wildman–Crippen LogP) is 0.234. The maximum Gasteiger partial charge on any atom is 0.245 e. The minimum absolute atomic E-state index is 0.0818. The SMILES string of the molecule is CC(C(=O)N1CCC(N2CCCC2)C1)N1C(=O)C2C3CCC(O3)C2C1=O. The fourth-order valence-electron chi connectivity index (χ4n) is 5.84. The van der Waals surface area contributed by atoms with Gasteiger partial charge in [0.25, 0.3) is 0 Å². The van der Waals surface area contributed by atoms with Gasteiger partial charge in [-0.1, -0.05) is 0 Å². The number of ether oxygens (including phenoxy) is 1. The van der Waals surface area contributed by atoms with Crippen molar-refractivity contribution in [2.45, 2.75) is 63.3 Å². The molecule has 0 aromatic rings. The molecule has 5 fully saturated rings. The minimum atomic E-state index is -0.697. The van der Waals surface area contributed by atoms with Crippen LogP contribution in [0.25, 0.3) is 0 Å². The number of imide groups is 1. The highest BCUT2D eigenvalue weighted by atomic mass is 16.5. The normalized spacial score (nSPS) is 40.7. The molecule has 142 valence electrons. The Morgan fingerprint density at radius 1 is 1.00 bits per heavy atom. The Bertz CT molecular complexity index is 619. The molecular weight excluding hydrogens is 334 g/mol. The molecule has 5 rings (SSSR count). The summed E-state index contributed by atoms with van der Waals surface area (Å²) in [6.07, 6.45) is 4.93. The van der Waals surface area contributed by atoms with Crippen molar-refractivity contribution in [3.63, 3.8) is 0 Å². The monoisotopic (exact) mass is 361 g/mol. The highest BCUT2D eigenvalue weighted by Crippen LogP contribution is 2.49. The number of carbonyl (C=O) groups is 3. The van der Waals surface area contributed by atoms with Gasteiger partial charge in [-0.15, -0.1) is 0 Å². The predicted molar refractivity (Wildman–Crippen MR) is 92.0 cm³/mol. The quantitative estimate of drug-likeness (QED) is 0.673. The first-order valence-corrected chi connectivity index (χ1v) is 10.1. The van der Waals surface area contributed by atoms with E-state index in [9.17, 15) is 14.4 Å². The summed E-state index contributed by atoms with van der Waals surface area (Å²) < 4.78 is 5.77. The summed E-state index contributed by atoms with van der Waals surface area (Å²) in [5, 5.41) is 0. The topological polar surface area (TPSA) is 70.2 Å². The number of carbonyl (C=O) groups excluding carboxylic acids is 3. The van der Waals surface area contributed by atoms with Crippen LogP contribution in [0.3, 0.4) is 0 Å². The van der Waals surface area contributed by atoms with E-state index in [1.807, 2.05) is 4.90 Å². The van der Waals surface area contributed by atoms with E-state index in [1.54, 1.807) is 6.92 Å². The zero-order valence-corrected chi connectivity index (χ0v) is 15.3. The standard InChI is InChI=1S/C19H27N3O4/c1-11(17(23)21-9-6-12(10-21)20-7-2-3-8-20)22-18(24)15-13-4-5-14(26-13)16(15)19(22)25/h11-16H,2-10H2,1H3. The van der Waals surface area contributed by atoms with Crippen LogP contribution in [0.1, 0.15) is 39.0 Å². The lowest BCUT2D eigenvalue weighted by Gasteiger charge is -2.29. The van der Waals surface area contributed by atoms with Crippen molar-refractivity contribution >= 4 is 17.7 Å². The Morgan fingerprint density at radius 3 is 2.23 bits per heavy atom. The van der Waals surface area contributed by atoms with Crippen molar-refractivity contribution in [2.24, 2.45) is 11.8 Å². The van der Waals surface area contributed by atoms with Crippen LogP contribution in [-0.2, 0) is 19.1 Å². The average molecular weight is 361 g/mol. The molecule has 0 N–H and O–H groups in total. The first kappa shape index (κ1) is 16.7. The van der Waals surface area contributed by atoms with Crippen LogP contribution >= 0.6 is 0 Å². The first-order valence-electron chi connectivity index (χ1n) is 10.1. The molecule has 0 aromatic heterocycles. The third kappa shape index (κ3) is 2.29. The third-order valence-corrected chi connectivity index (χ3v) is 7.20. The number of rotatable bonds is 3. The lowest BCUT2D eigenvalue weighted by atomic mass is 9.81. The summed E-state index contributed by atoms with van der Waals surface area (Å²) in [6.45, 7) is 5.41. The molecule has 3 amide bonds. The highest BCUT2D eigenvalue weighted by Gasteiger charge is 2.63. The molecule has 2 bridgehead atoms. The van der Waals surface area contributed by atoms with Crippen molar-refractivity contribution in [1.82, 2.24) is 14.7 Å². The Labute approximate surface area is 153 Å². The van der Waals surface area contributed by atoms with E-state index < -0.39 is 6.04 Å². The number of hydrogen-bond donors (Lipinski definition) is 0. The number of likely N-dealkylation sites (tertiary alicyclic amines) is 3. The van der Waals surface area contributed by atoms with Gasteiger partial charge < -0.3 is 9.64 Å². The molecule has 0 radical (unpaired) electrons. The molecule has 5 aliphatic rings. The maximum absolute atomic E-state index is 13.0. The molecule has 26 heavy (non-hydrogen) atoms. The van der Waals surface area contributed by atoms with Crippen LogP contribution < -0.4 is 0 Å². The summed E-state index contributed by atoms with van der Waals surface area (Å²) in [5.74, 6) is -1.17. The van der Waals surface area contributed by atoms with Gasteiger partial charge in [-0.25, -0.2) is 0 Å². The Kier molecular flexibility index (Phi) is 3.87. The molecule has 5 heterocycles. The van der Waals surface area contributed by atoms with E-state index >= 15 is 0 Å². The van der Waals surface area contributed by atoms with Crippen molar-refractivity contribution in [3.05, 3.63) is 0 Å². The zero-order valence-electron chi connectivity index (χ0n) is 15.3. The van der Waals surface area contributed by atoms with E-state index in [-0.39, 0.29) is 41.8 Å². The highest BCUT2D eigenvalue weighted by molar-refractivity contribution is 6.09. The fraction of sp³-hybridized carbons (Fsp3) is 0.842. The smallest absolute Gasteiger partial charge is 0.245 e. The van der Waals surface area contributed by atoms with Gasteiger partial charge in [-0.2, -0.15) is 0 Å². The molecule has 6 atom stereocenters. The number of fused-ring (bicyclic) bond motifs is 5. The Morgan fingerprint density at radius 2 is 1.62 bits per heavy atom. The van der Waals surface area contributed by atoms with Crippen molar-refractivity contribution in [1.29, 1.82) is 0 Å². The Balaban J connectivity index is 1.28. The van der Waals surface area contributed by atoms with Crippen LogP contribution in [0.15, 0.2) is 0 Å². The van der Waals surface area contributed by atoms with Crippen molar-refractivity contribution in [3.8, 4) is 0 Å². The molecule has 0 spiro atoms. The molecule has 0 aromatic carbocycles. The van der Waals surface area contributed by atoms with Gasteiger partial charge in [0, 0.05) is 19.1 Å². The van der Waals surface area contributed by atoms with E-state index in [4.69, 9.17) is 4.74 Å². The van der Waals surface area contributed by atoms with E-state index in [1.165, 1.54) is 17.7 Å². The van der Waals surface area contributed by atoms with Crippen molar-refractivity contribution in [2.75, 3.05) is 26.2 Å². The van der Waals surface area contributed by atoms with E-state index in [2.05, 4.69) is 4.90 Å². The summed E-state index contributed by atoms with van der Waals surface area (Å²) in [6, 6.07) is -0.264. The number of hydrogen-bond acceptors (Lipinski definition) is 5. The number of amides is 3. The van der Waals surface area contributed by atoms with E-state index in [0.29, 0.717) is 6.04 Å². The second-order valence-electron chi connectivity index (χ2n) is 8.53. The van der Waals surface area contributed by atoms with Crippen LogP contribution in [0, 0.1) is 11.8 Å². The van der Waals surface area contributed by atoms with Crippen LogP contribution in [0.5, 0.6) is 0 Å². The van der Waals surface area contributed by atoms with E-state index in [0.717, 1.165) is 45.4 Å². The molecule has 5 aliphatic heterocycles. The summed E-state index contributed by atoms with van der Waals surface area (Å²) in [5.41, 5.74) is 0. The first-order chi connectivity index (χ1) is 12.6. The zero-order chi connectivity index (χ0) is 18.0. The summed E-state index contributed by atoms with van der Waals surface area (Å²) in [4.78, 5) is 44.3. The largest absolute Gasteiger partial charge is 0.373 e. The Hall–Kier alpha value is -1.47. The molecule has 5 saturated heterocycles. The molecule has 0 aliphatic carbocycles. The van der Waals surface area contributed by atoms with Gasteiger partial charge >= 0.3 is 0 Å². The van der Waals surface area contributed by atoms with Crippen LogP contribution in [-0.4, -0.2) is 82.9 Å². The van der Waals surface area contributed by atoms with Gasteiger partial charge in [-0.3, -0.25) is 24.2 Å². The average Bonchev–Trinajstić information content (AvgIpc) is 3.43. The second-order valence-corrected chi connectivity index (χ2v) is 8.53. The van der Waals surface area contributed by atoms with Gasteiger partial charge in [0.2, 0.25) is 17.7 Å². The second kappa shape index (κ2) is 6.02. The lowest BCUT2D eigenvalue weighted by molar-refractivity contribution is -0.152. The minimum Gasteiger partial charge on any atom is -0.373 e. The third-order valence-electron chi connectivity index (χ3n) is 7.20. The molecule has 6 unspecified atom stereocenters. The van der Waals surface area contributed by atoms with Gasteiger partial charge in [0.15, 0.2) is 0 Å². The van der Waals surface area contributed by atoms with Crippen LogP contribution in [0.2, 0.25) is 0 Å². The summed E-state index contributed by atoms with van der Waals surface area (Å²) in [7, 11) is 0. The van der Waals surface area contributed by atoms with Gasteiger partial charge in [0.05, 0.1) is 24.0 Å². The number of nitrogens with zero attached hydrogens (tertiary/aromatic N) is 3. The summed E-state index contributed by atoms with van der Waals surface area (Å²) >= 11 is 0. The molecular formula is C19H27N3O4. The van der Waals surface area contributed by atoms with Crippen molar-refractivity contribution < 1.29 is 19.1 Å². The maximum atomic E-state index is 13.0. The lowest BCUT2D eigenvalue weighted by Crippen LogP contribution is -2.50. The van der Waals surface area contributed by atoms with Crippen LogP contribution in [0.4, 0.5) is 0 Å². The fourth-order valence-corrected chi connectivity index (χ4v) is 5.84. The van der Waals surface area contributed by atoms with Gasteiger partial charge in [-0.05, 0) is 52.1 Å². The van der Waals surface area contributed by atoms with Gasteiger partial charge in [0.1, 0.15) is 6.04 Å². The molecule has 7 nitrogen and oxygen atoms in total. The molecule has 7 heteroatoms. The molecule has 0 saturated carbocycles.